The van der Waals surface area contributed by atoms with E-state index in [1.54, 1.807) is 43.1 Å². The van der Waals surface area contributed by atoms with E-state index in [1.807, 2.05) is 72.8 Å². The van der Waals surface area contributed by atoms with E-state index in [0.29, 0.717) is 23.3 Å². The van der Waals surface area contributed by atoms with Gasteiger partial charge in [0.15, 0.2) is 6.29 Å². The molecule has 3 atom stereocenters. The Labute approximate surface area is 249 Å². The average molecular weight is 582 g/mol. The molecule has 2 heterocycles. The summed E-state index contributed by atoms with van der Waals surface area (Å²) in [6.45, 7) is 0.180. The summed E-state index contributed by atoms with van der Waals surface area (Å²) in [6.07, 6.45) is -0.218. The number of aliphatic hydroxyl groups excluding tert-OH is 1. The van der Waals surface area contributed by atoms with Gasteiger partial charge in [0.2, 0.25) is 0 Å². The molecule has 0 radical (unpaired) electrons. The van der Waals surface area contributed by atoms with Crippen LogP contribution in [-0.2, 0) is 22.6 Å². The van der Waals surface area contributed by atoms with Crippen molar-refractivity contribution in [3.05, 3.63) is 130 Å². The van der Waals surface area contributed by atoms with Gasteiger partial charge in [-0.2, -0.15) is 0 Å². The zero-order valence-electron chi connectivity index (χ0n) is 23.1. The van der Waals surface area contributed by atoms with Crippen molar-refractivity contribution in [1.29, 1.82) is 0 Å². The van der Waals surface area contributed by atoms with Crippen LogP contribution >= 0.6 is 11.8 Å². The number of hydrogen-bond donors (Lipinski definition) is 1. The van der Waals surface area contributed by atoms with E-state index in [1.165, 1.54) is 4.90 Å². The van der Waals surface area contributed by atoms with Crippen LogP contribution in [-0.4, -0.2) is 40.8 Å². The number of fused-ring (bicyclic) bond motifs is 1. The van der Waals surface area contributed by atoms with Gasteiger partial charge in [0.05, 0.1) is 43.6 Å². The molecular weight excluding hydrogens is 550 g/mol. The lowest BCUT2D eigenvalue weighted by atomic mass is 10.0. The molecule has 0 aliphatic carbocycles. The smallest absolute Gasteiger partial charge is 0.261 e. The predicted molar refractivity (Wildman–Crippen MR) is 159 cm³/mol. The second kappa shape index (κ2) is 12.5. The molecule has 4 aromatic rings. The van der Waals surface area contributed by atoms with Gasteiger partial charge in [0.1, 0.15) is 5.75 Å². The van der Waals surface area contributed by atoms with Crippen molar-refractivity contribution in [2.75, 3.05) is 12.9 Å². The number of hydrogen-bond acceptors (Lipinski definition) is 7. The van der Waals surface area contributed by atoms with Crippen LogP contribution in [0, 0.1) is 0 Å². The zero-order valence-corrected chi connectivity index (χ0v) is 24.0. The fourth-order valence-electron chi connectivity index (χ4n) is 5.29. The monoisotopic (exact) mass is 581 g/mol. The fraction of sp³-hybridized carbons (Fsp3) is 0.235. The number of ether oxygens (including phenoxy) is 3. The quantitative estimate of drug-likeness (QED) is 0.183. The van der Waals surface area contributed by atoms with E-state index >= 15 is 0 Å². The van der Waals surface area contributed by atoms with Crippen molar-refractivity contribution in [3.8, 4) is 5.75 Å². The van der Waals surface area contributed by atoms with Gasteiger partial charge in [-0.1, -0.05) is 72.8 Å². The summed E-state index contributed by atoms with van der Waals surface area (Å²) in [6, 6.07) is 30.3. The van der Waals surface area contributed by atoms with Crippen molar-refractivity contribution in [2.24, 2.45) is 0 Å². The molecule has 0 saturated carbocycles. The second-order valence-corrected chi connectivity index (χ2v) is 11.4. The Morgan fingerprint density at radius 3 is 2.10 bits per heavy atom. The molecule has 6 rings (SSSR count). The second-order valence-electron chi connectivity index (χ2n) is 10.3. The topological polar surface area (TPSA) is 85.3 Å². The van der Waals surface area contributed by atoms with Gasteiger partial charge in [-0.25, -0.2) is 0 Å². The minimum absolute atomic E-state index is 0.0111. The minimum atomic E-state index is -0.599. The van der Waals surface area contributed by atoms with Gasteiger partial charge in [-0.05, 0) is 41.0 Å². The standard InChI is InChI=1S/C34H31NO6S/c1-39-29-8-4-5-9-31(29)42-21-26-18-30(24-14-12-23(20-36)13-15-24)41-34(40-26)25-16-10-22(11-17-25)19-35-32(37)27-6-2-3-7-28(27)33(35)38/h2-17,26,30,34,36H,18-21H2,1H3/t26-,30+,34+/m0/s1. The summed E-state index contributed by atoms with van der Waals surface area (Å²) in [7, 11) is 1.67. The maximum Gasteiger partial charge on any atom is 0.261 e. The zero-order chi connectivity index (χ0) is 29.1. The molecule has 0 unspecified atom stereocenters. The molecule has 1 fully saturated rings. The number of imide groups is 1. The van der Waals surface area contributed by atoms with Crippen LogP contribution in [0.15, 0.2) is 102 Å². The summed E-state index contributed by atoms with van der Waals surface area (Å²) in [4.78, 5) is 28.0. The van der Waals surface area contributed by atoms with E-state index < -0.39 is 6.29 Å². The largest absolute Gasteiger partial charge is 0.496 e. The Bertz CT molecular complexity index is 1540. The lowest BCUT2D eigenvalue weighted by molar-refractivity contribution is -0.245. The van der Waals surface area contributed by atoms with E-state index in [-0.39, 0.29) is 37.2 Å². The number of benzene rings is 4. The molecule has 0 aromatic heterocycles. The maximum atomic E-state index is 12.8. The summed E-state index contributed by atoms with van der Waals surface area (Å²) in [5.74, 6) is 0.993. The van der Waals surface area contributed by atoms with Crippen LogP contribution in [0.2, 0.25) is 0 Å². The number of para-hydroxylation sites is 1. The third-order valence-electron chi connectivity index (χ3n) is 7.58. The van der Waals surface area contributed by atoms with Gasteiger partial charge in [0, 0.05) is 22.6 Å². The van der Waals surface area contributed by atoms with Crippen molar-refractivity contribution in [2.45, 2.75) is 43.0 Å². The number of aliphatic hydroxyl groups is 1. The molecule has 0 spiro atoms. The number of carbonyl (C=O) groups excluding carboxylic acids is 2. The number of nitrogens with zero attached hydrogens (tertiary/aromatic N) is 1. The molecule has 1 saturated heterocycles. The number of carbonyl (C=O) groups is 2. The highest BCUT2D eigenvalue weighted by Crippen LogP contribution is 2.40. The maximum absolute atomic E-state index is 12.8. The van der Waals surface area contributed by atoms with Crippen LogP contribution in [0.4, 0.5) is 0 Å². The van der Waals surface area contributed by atoms with E-state index in [4.69, 9.17) is 14.2 Å². The summed E-state index contributed by atoms with van der Waals surface area (Å²) in [5, 5.41) is 9.47. The highest BCUT2D eigenvalue weighted by atomic mass is 32.2. The molecular formula is C34H31NO6S. The molecule has 2 aliphatic rings. The summed E-state index contributed by atoms with van der Waals surface area (Å²) >= 11 is 1.69. The van der Waals surface area contributed by atoms with Crippen LogP contribution < -0.4 is 4.74 Å². The van der Waals surface area contributed by atoms with Crippen LogP contribution in [0.25, 0.3) is 0 Å². The molecule has 2 aliphatic heterocycles. The first-order chi connectivity index (χ1) is 20.5. The number of methoxy groups -OCH3 is 1. The molecule has 214 valence electrons. The normalized spacial score (nSPS) is 20.0. The number of thioether (sulfide) groups is 1. The number of rotatable bonds is 9. The van der Waals surface area contributed by atoms with Crippen molar-refractivity contribution >= 4 is 23.6 Å². The molecule has 0 bridgehead atoms. The van der Waals surface area contributed by atoms with E-state index in [0.717, 1.165) is 32.9 Å². The molecule has 1 N–H and O–H groups in total. The Hall–Kier alpha value is -3.95. The minimum Gasteiger partial charge on any atom is -0.496 e. The van der Waals surface area contributed by atoms with E-state index in [9.17, 15) is 14.7 Å². The Kier molecular flexibility index (Phi) is 8.39. The van der Waals surface area contributed by atoms with E-state index in [2.05, 4.69) is 0 Å². The molecule has 4 aromatic carbocycles. The SMILES string of the molecule is COc1ccccc1SC[C@@H]1C[C@H](c2ccc(CO)cc2)O[C@H](c2ccc(CN3C(=O)c4ccccc4C3=O)cc2)O1. The highest BCUT2D eigenvalue weighted by molar-refractivity contribution is 7.99. The highest BCUT2D eigenvalue weighted by Gasteiger charge is 2.35. The van der Waals surface area contributed by atoms with Crippen LogP contribution in [0.5, 0.6) is 5.75 Å². The number of amides is 2. The summed E-state index contributed by atoms with van der Waals surface area (Å²) in [5.41, 5.74) is 4.44. The van der Waals surface area contributed by atoms with Crippen molar-refractivity contribution in [1.82, 2.24) is 4.90 Å². The Morgan fingerprint density at radius 2 is 1.43 bits per heavy atom. The Morgan fingerprint density at radius 1 is 0.810 bits per heavy atom. The molecule has 8 heteroatoms. The lowest BCUT2D eigenvalue weighted by Gasteiger charge is -2.36. The molecule has 2 amide bonds. The third kappa shape index (κ3) is 5.84. The average Bonchev–Trinajstić information content (AvgIpc) is 3.29. The van der Waals surface area contributed by atoms with Crippen molar-refractivity contribution < 1.29 is 28.9 Å². The predicted octanol–water partition coefficient (Wildman–Crippen LogP) is 6.32. The van der Waals surface area contributed by atoms with Gasteiger partial charge in [-0.3, -0.25) is 14.5 Å². The van der Waals surface area contributed by atoms with Gasteiger partial charge in [-0.15, -0.1) is 11.8 Å². The lowest BCUT2D eigenvalue weighted by Crippen LogP contribution is -2.31. The van der Waals surface area contributed by atoms with Crippen LogP contribution in [0.3, 0.4) is 0 Å². The molecule has 42 heavy (non-hydrogen) atoms. The Balaban J connectivity index is 1.19. The van der Waals surface area contributed by atoms with Gasteiger partial charge >= 0.3 is 0 Å². The van der Waals surface area contributed by atoms with Crippen LogP contribution in [0.1, 0.15) is 61.8 Å². The first-order valence-electron chi connectivity index (χ1n) is 13.8. The van der Waals surface area contributed by atoms with Gasteiger partial charge in [0.25, 0.3) is 11.8 Å². The summed E-state index contributed by atoms with van der Waals surface area (Å²) < 4.78 is 18.5. The fourth-order valence-corrected chi connectivity index (χ4v) is 6.34. The first-order valence-corrected chi connectivity index (χ1v) is 14.8. The molecule has 7 nitrogen and oxygen atoms in total. The third-order valence-corrected chi connectivity index (χ3v) is 8.77. The van der Waals surface area contributed by atoms with Gasteiger partial charge < -0.3 is 19.3 Å². The first kappa shape index (κ1) is 28.2. The van der Waals surface area contributed by atoms with Crippen molar-refractivity contribution in [3.63, 3.8) is 0 Å².